The van der Waals surface area contributed by atoms with Crippen molar-refractivity contribution in [2.24, 2.45) is 5.92 Å². The molecular formula is C15H17N3O6. The van der Waals surface area contributed by atoms with Crippen LogP contribution in [0, 0.1) is 5.92 Å². The van der Waals surface area contributed by atoms with Crippen molar-refractivity contribution in [1.82, 2.24) is 10.6 Å². The van der Waals surface area contributed by atoms with E-state index in [1.54, 1.807) is 18.2 Å². The molecule has 0 atom stereocenters. The fourth-order valence-corrected chi connectivity index (χ4v) is 1.73. The fraction of sp³-hybridized carbons (Fsp3) is 0.200. The van der Waals surface area contributed by atoms with Gasteiger partial charge in [-0.2, -0.15) is 0 Å². The number of rotatable bonds is 8. The van der Waals surface area contributed by atoms with Gasteiger partial charge in [0.1, 0.15) is 0 Å². The van der Waals surface area contributed by atoms with E-state index in [1.807, 2.05) is 0 Å². The summed E-state index contributed by atoms with van der Waals surface area (Å²) in [5.74, 6) is -5.63. The summed E-state index contributed by atoms with van der Waals surface area (Å²) in [4.78, 5) is 44.6. The van der Waals surface area contributed by atoms with Crippen LogP contribution in [-0.4, -0.2) is 40.5 Å². The summed E-state index contributed by atoms with van der Waals surface area (Å²) in [7, 11) is 0. The molecule has 0 saturated heterocycles. The van der Waals surface area contributed by atoms with E-state index >= 15 is 0 Å². The Morgan fingerprint density at radius 2 is 1.75 bits per heavy atom. The number of carboxylic acid groups (broad SMARTS) is 2. The molecule has 0 heterocycles. The van der Waals surface area contributed by atoms with Crippen molar-refractivity contribution >= 4 is 29.4 Å². The molecular weight excluding hydrogens is 318 g/mol. The maximum absolute atomic E-state index is 11.8. The van der Waals surface area contributed by atoms with E-state index in [9.17, 15) is 19.2 Å². The third kappa shape index (κ3) is 5.79. The molecule has 0 saturated carbocycles. The SMILES string of the molecule is Nc1ccccc1C(=O)N/C=C/C(=O)NCCC(C(=O)O)C(=O)O. The molecule has 0 unspecified atom stereocenters. The molecule has 24 heavy (non-hydrogen) atoms. The van der Waals surface area contributed by atoms with E-state index in [0.717, 1.165) is 12.3 Å². The van der Waals surface area contributed by atoms with Crippen LogP contribution >= 0.6 is 0 Å². The molecule has 0 aliphatic carbocycles. The molecule has 0 aliphatic heterocycles. The molecule has 0 spiro atoms. The number of carbonyl (C=O) groups excluding carboxylic acids is 2. The lowest BCUT2D eigenvalue weighted by Gasteiger charge is -2.07. The molecule has 0 radical (unpaired) electrons. The van der Waals surface area contributed by atoms with Crippen molar-refractivity contribution < 1.29 is 29.4 Å². The number of nitrogen functional groups attached to an aromatic ring is 1. The van der Waals surface area contributed by atoms with Crippen molar-refractivity contribution in [2.45, 2.75) is 6.42 Å². The Kier molecular flexibility index (Phi) is 6.96. The van der Waals surface area contributed by atoms with Gasteiger partial charge in [0.05, 0.1) is 5.56 Å². The zero-order valence-electron chi connectivity index (χ0n) is 12.6. The van der Waals surface area contributed by atoms with Gasteiger partial charge in [-0.05, 0) is 18.6 Å². The number of anilines is 1. The van der Waals surface area contributed by atoms with E-state index in [0.29, 0.717) is 5.69 Å². The average molecular weight is 335 g/mol. The number of aliphatic carboxylic acids is 2. The van der Waals surface area contributed by atoms with Gasteiger partial charge in [-0.1, -0.05) is 12.1 Å². The molecule has 0 aromatic heterocycles. The number of para-hydroxylation sites is 1. The second-order valence-corrected chi connectivity index (χ2v) is 4.70. The minimum Gasteiger partial charge on any atom is -0.481 e. The summed E-state index contributed by atoms with van der Waals surface area (Å²) >= 11 is 0. The number of amides is 2. The molecule has 0 fully saturated rings. The zero-order chi connectivity index (χ0) is 18.1. The van der Waals surface area contributed by atoms with Gasteiger partial charge in [0.15, 0.2) is 5.92 Å². The van der Waals surface area contributed by atoms with Crippen molar-refractivity contribution in [1.29, 1.82) is 0 Å². The van der Waals surface area contributed by atoms with Crippen LogP contribution in [0.25, 0.3) is 0 Å². The molecule has 1 aromatic carbocycles. The van der Waals surface area contributed by atoms with Gasteiger partial charge in [-0.3, -0.25) is 19.2 Å². The number of hydrogen-bond donors (Lipinski definition) is 5. The van der Waals surface area contributed by atoms with Gasteiger partial charge in [0.2, 0.25) is 5.91 Å². The summed E-state index contributed by atoms with van der Waals surface area (Å²) in [5.41, 5.74) is 6.19. The van der Waals surface area contributed by atoms with Gasteiger partial charge in [-0.25, -0.2) is 0 Å². The predicted molar refractivity (Wildman–Crippen MR) is 83.8 cm³/mol. The average Bonchev–Trinajstić information content (AvgIpc) is 2.51. The van der Waals surface area contributed by atoms with Crippen molar-refractivity contribution in [3.05, 3.63) is 42.1 Å². The van der Waals surface area contributed by atoms with Gasteiger partial charge >= 0.3 is 11.9 Å². The molecule has 9 heteroatoms. The van der Waals surface area contributed by atoms with E-state index < -0.39 is 29.7 Å². The Hall–Kier alpha value is -3.36. The predicted octanol–water partition coefficient (Wildman–Crippen LogP) is -0.196. The molecule has 128 valence electrons. The van der Waals surface area contributed by atoms with Gasteiger partial charge in [0, 0.05) is 24.5 Å². The number of carbonyl (C=O) groups is 4. The van der Waals surface area contributed by atoms with Gasteiger partial charge in [-0.15, -0.1) is 0 Å². The molecule has 9 nitrogen and oxygen atoms in total. The summed E-state index contributed by atoms with van der Waals surface area (Å²) in [6.07, 6.45) is 1.88. The van der Waals surface area contributed by atoms with Gasteiger partial charge < -0.3 is 26.6 Å². The van der Waals surface area contributed by atoms with Crippen LogP contribution in [0.15, 0.2) is 36.5 Å². The molecule has 1 aromatic rings. The zero-order valence-corrected chi connectivity index (χ0v) is 12.6. The molecule has 1 rings (SSSR count). The summed E-state index contributed by atoms with van der Waals surface area (Å²) in [6, 6.07) is 6.41. The minimum absolute atomic E-state index is 0.133. The Labute approximate surface area is 137 Å². The third-order valence-corrected chi connectivity index (χ3v) is 2.98. The van der Waals surface area contributed by atoms with Crippen LogP contribution in [-0.2, 0) is 14.4 Å². The maximum atomic E-state index is 11.8. The smallest absolute Gasteiger partial charge is 0.317 e. The number of nitrogens with two attached hydrogens (primary N) is 1. The first kappa shape index (κ1) is 18.7. The monoisotopic (exact) mass is 335 g/mol. The van der Waals surface area contributed by atoms with Crippen LogP contribution in [0.1, 0.15) is 16.8 Å². The lowest BCUT2D eigenvalue weighted by molar-refractivity contribution is -0.154. The van der Waals surface area contributed by atoms with Crippen molar-refractivity contribution in [3.8, 4) is 0 Å². The molecule has 2 amide bonds. The summed E-state index contributed by atoms with van der Waals surface area (Å²) < 4.78 is 0. The quantitative estimate of drug-likeness (QED) is 0.250. The van der Waals surface area contributed by atoms with Crippen LogP contribution in [0.3, 0.4) is 0 Å². The molecule has 0 aliphatic rings. The second-order valence-electron chi connectivity index (χ2n) is 4.70. The van der Waals surface area contributed by atoms with Gasteiger partial charge in [0.25, 0.3) is 5.91 Å². The number of hydrogen-bond acceptors (Lipinski definition) is 5. The van der Waals surface area contributed by atoms with E-state index in [1.165, 1.54) is 6.07 Å². The normalized spacial score (nSPS) is 10.5. The first-order valence-corrected chi connectivity index (χ1v) is 6.88. The lowest BCUT2D eigenvalue weighted by Crippen LogP contribution is -2.30. The maximum Gasteiger partial charge on any atom is 0.317 e. The van der Waals surface area contributed by atoms with Crippen molar-refractivity contribution in [3.63, 3.8) is 0 Å². The highest BCUT2D eigenvalue weighted by Crippen LogP contribution is 2.09. The van der Waals surface area contributed by atoms with Crippen LogP contribution < -0.4 is 16.4 Å². The fourth-order valence-electron chi connectivity index (χ4n) is 1.73. The minimum atomic E-state index is -1.59. The highest BCUT2D eigenvalue weighted by Gasteiger charge is 2.25. The lowest BCUT2D eigenvalue weighted by atomic mass is 10.1. The highest BCUT2D eigenvalue weighted by atomic mass is 16.4. The van der Waals surface area contributed by atoms with Crippen LogP contribution in [0.4, 0.5) is 5.69 Å². The van der Waals surface area contributed by atoms with E-state index in [4.69, 9.17) is 15.9 Å². The topological polar surface area (TPSA) is 159 Å². The first-order chi connectivity index (χ1) is 11.3. The van der Waals surface area contributed by atoms with E-state index in [-0.39, 0.29) is 18.5 Å². The first-order valence-electron chi connectivity index (χ1n) is 6.88. The van der Waals surface area contributed by atoms with Crippen molar-refractivity contribution in [2.75, 3.05) is 12.3 Å². The third-order valence-electron chi connectivity index (χ3n) is 2.98. The molecule has 6 N–H and O–H groups in total. The van der Waals surface area contributed by atoms with Crippen LogP contribution in [0.2, 0.25) is 0 Å². The Bertz CT molecular complexity index is 657. The second kappa shape index (κ2) is 8.93. The molecule has 0 bridgehead atoms. The number of carboxylic acids is 2. The van der Waals surface area contributed by atoms with Crippen LogP contribution in [0.5, 0.6) is 0 Å². The Balaban J connectivity index is 2.41. The highest BCUT2D eigenvalue weighted by molar-refractivity contribution is 6.00. The number of nitrogens with one attached hydrogen (secondary N) is 2. The number of benzene rings is 1. The van der Waals surface area contributed by atoms with E-state index in [2.05, 4.69) is 10.6 Å². The Morgan fingerprint density at radius 3 is 2.33 bits per heavy atom. The summed E-state index contributed by atoms with van der Waals surface area (Å²) in [6.45, 7) is -0.133. The Morgan fingerprint density at radius 1 is 1.12 bits per heavy atom. The largest absolute Gasteiger partial charge is 0.481 e. The standard InChI is InChI=1S/C15H17N3O6/c16-11-4-2-1-3-9(11)13(20)18-8-6-12(19)17-7-5-10(14(21)22)15(23)24/h1-4,6,8,10H,5,7,16H2,(H,17,19)(H,18,20)(H,21,22)(H,23,24)/b8-6+. The summed E-state index contributed by atoms with van der Waals surface area (Å²) in [5, 5.41) is 22.0.